The van der Waals surface area contributed by atoms with Gasteiger partial charge in [0.05, 0.1) is 12.6 Å². The number of hydrogen-bond donors (Lipinski definition) is 1. The second-order valence-electron chi connectivity index (χ2n) is 6.87. The highest BCUT2D eigenvalue weighted by molar-refractivity contribution is 5.68. The Balaban J connectivity index is 2.79. The molecule has 0 heterocycles. The Morgan fingerprint density at radius 3 is 2.43 bits per heavy atom. The molecule has 0 saturated carbocycles. The summed E-state index contributed by atoms with van der Waals surface area (Å²) >= 11 is 0. The van der Waals surface area contributed by atoms with Crippen LogP contribution in [-0.2, 0) is 16.0 Å². The fourth-order valence-electron chi connectivity index (χ4n) is 2.03. The van der Waals surface area contributed by atoms with E-state index in [1.807, 2.05) is 52.0 Å². The predicted octanol–water partition coefficient (Wildman–Crippen LogP) is 3.89. The van der Waals surface area contributed by atoms with Gasteiger partial charge < -0.3 is 19.7 Å². The van der Waals surface area contributed by atoms with Gasteiger partial charge in [-0.2, -0.15) is 0 Å². The van der Waals surface area contributed by atoms with Gasteiger partial charge in [0.1, 0.15) is 5.60 Å². The van der Waals surface area contributed by atoms with E-state index in [0.29, 0.717) is 6.54 Å². The van der Waals surface area contributed by atoms with Crippen molar-refractivity contribution >= 4 is 11.8 Å². The Kier molecular flexibility index (Phi) is 6.88. The molecule has 0 saturated heterocycles. The first-order chi connectivity index (χ1) is 10.6. The molecule has 0 bridgehead atoms. The molecule has 1 N–H and O–H groups in total. The normalized spacial score (nSPS) is 14.0. The number of nitrogens with one attached hydrogen (secondary N) is 1. The zero-order valence-corrected chi connectivity index (χ0v) is 15.3. The number of rotatable bonds is 6. The number of amides is 1. The molecular weight excluding hydrogens is 292 g/mol. The summed E-state index contributed by atoms with van der Waals surface area (Å²) < 4.78 is 10.7. The maximum atomic E-state index is 12.1. The van der Waals surface area contributed by atoms with Gasteiger partial charge in [0.15, 0.2) is 0 Å². The van der Waals surface area contributed by atoms with Gasteiger partial charge in [0.25, 0.3) is 0 Å². The molecule has 2 unspecified atom stereocenters. The minimum absolute atomic E-state index is 0.0895. The Labute approximate surface area is 140 Å². The monoisotopic (exact) mass is 322 g/mol. The van der Waals surface area contributed by atoms with Crippen LogP contribution in [0.1, 0.15) is 40.2 Å². The lowest BCUT2D eigenvalue weighted by Gasteiger charge is -2.26. The fraction of sp³-hybridized carbons (Fsp3) is 0.611. The van der Waals surface area contributed by atoms with E-state index in [4.69, 9.17) is 9.47 Å². The van der Waals surface area contributed by atoms with Crippen molar-refractivity contribution in [1.82, 2.24) is 4.90 Å². The number of para-hydroxylation sites is 1. The first-order valence-corrected chi connectivity index (χ1v) is 7.95. The number of hydrogen-bond acceptors (Lipinski definition) is 4. The van der Waals surface area contributed by atoms with E-state index < -0.39 is 5.60 Å². The summed E-state index contributed by atoms with van der Waals surface area (Å²) in [5.41, 5.74) is 1.54. The quantitative estimate of drug-likeness (QED) is 0.863. The number of methoxy groups -OCH3 is 1. The van der Waals surface area contributed by atoms with Crippen molar-refractivity contribution < 1.29 is 14.3 Å². The van der Waals surface area contributed by atoms with E-state index >= 15 is 0 Å². The topological polar surface area (TPSA) is 50.8 Å². The fourth-order valence-corrected chi connectivity index (χ4v) is 2.03. The Bertz CT molecular complexity index is 511. The van der Waals surface area contributed by atoms with Crippen LogP contribution in [0.4, 0.5) is 10.5 Å². The SMILES string of the molecule is COC(C)C(C)Nc1ccccc1CN(C)C(=O)OC(C)(C)C. The Hall–Kier alpha value is -1.75. The van der Waals surface area contributed by atoms with Gasteiger partial charge in [-0.3, -0.25) is 0 Å². The van der Waals surface area contributed by atoms with Crippen LogP contribution in [0, 0.1) is 0 Å². The van der Waals surface area contributed by atoms with Crippen molar-refractivity contribution in [3.8, 4) is 0 Å². The molecule has 23 heavy (non-hydrogen) atoms. The summed E-state index contributed by atoms with van der Waals surface area (Å²) in [5, 5.41) is 3.45. The van der Waals surface area contributed by atoms with Gasteiger partial charge in [0, 0.05) is 25.9 Å². The average Bonchev–Trinajstić information content (AvgIpc) is 2.46. The molecule has 1 aromatic rings. The zero-order chi connectivity index (χ0) is 17.6. The minimum Gasteiger partial charge on any atom is -0.444 e. The number of carbonyl (C=O) groups is 1. The first-order valence-electron chi connectivity index (χ1n) is 7.95. The average molecular weight is 322 g/mol. The van der Waals surface area contributed by atoms with Gasteiger partial charge in [-0.05, 0) is 46.2 Å². The van der Waals surface area contributed by atoms with Gasteiger partial charge >= 0.3 is 6.09 Å². The van der Waals surface area contributed by atoms with Gasteiger partial charge in [-0.25, -0.2) is 4.79 Å². The van der Waals surface area contributed by atoms with Crippen molar-refractivity contribution in [3.05, 3.63) is 29.8 Å². The number of ether oxygens (including phenoxy) is 2. The number of benzene rings is 1. The van der Waals surface area contributed by atoms with Crippen LogP contribution >= 0.6 is 0 Å². The molecule has 0 radical (unpaired) electrons. The predicted molar refractivity (Wildman–Crippen MR) is 93.7 cm³/mol. The van der Waals surface area contributed by atoms with Crippen LogP contribution in [0.3, 0.4) is 0 Å². The van der Waals surface area contributed by atoms with E-state index in [1.165, 1.54) is 0 Å². The Morgan fingerprint density at radius 1 is 1.26 bits per heavy atom. The van der Waals surface area contributed by atoms with E-state index in [2.05, 4.69) is 12.2 Å². The molecule has 5 nitrogen and oxygen atoms in total. The standard InChI is InChI=1S/C18H30N2O3/c1-13(14(2)22-7)19-16-11-9-8-10-15(16)12-20(6)17(21)23-18(3,4)5/h8-11,13-14,19H,12H2,1-7H3. The highest BCUT2D eigenvalue weighted by Gasteiger charge is 2.20. The van der Waals surface area contributed by atoms with Gasteiger partial charge in [0.2, 0.25) is 0 Å². The molecule has 130 valence electrons. The second-order valence-corrected chi connectivity index (χ2v) is 6.87. The molecule has 0 aliphatic rings. The molecule has 5 heteroatoms. The number of carbonyl (C=O) groups excluding carboxylic acids is 1. The lowest BCUT2D eigenvalue weighted by atomic mass is 10.1. The molecule has 0 fully saturated rings. The molecule has 1 amide bonds. The highest BCUT2D eigenvalue weighted by Crippen LogP contribution is 2.20. The van der Waals surface area contributed by atoms with E-state index in [0.717, 1.165) is 11.3 Å². The van der Waals surface area contributed by atoms with Crippen molar-refractivity contribution in [2.75, 3.05) is 19.5 Å². The van der Waals surface area contributed by atoms with Crippen LogP contribution < -0.4 is 5.32 Å². The van der Waals surface area contributed by atoms with Crippen LogP contribution in [0.25, 0.3) is 0 Å². The second kappa shape index (κ2) is 8.20. The molecule has 1 aromatic carbocycles. The van der Waals surface area contributed by atoms with Crippen molar-refractivity contribution in [3.63, 3.8) is 0 Å². The summed E-state index contributed by atoms with van der Waals surface area (Å²) in [4.78, 5) is 13.7. The van der Waals surface area contributed by atoms with Gasteiger partial charge in [-0.15, -0.1) is 0 Å². The summed E-state index contributed by atoms with van der Waals surface area (Å²) in [6.07, 6.45) is -0.239. The lowest BCUT2D eigenvalue weighted by molar-refractivity contribution is 0.0285. The third kappa shape index (κ3) is 6.48. The maximum Gasteiger partial charge on any atom is 0.410 e. The summed E-state index contributed by atoms with van der Waals surface area (Å²) in [5.74, 6) is 0. The summed E-state index contributed by atoms with van der Waals surface area (Å²) in [7, 11) is 3.44. The van der Waals surface area contributed by atoms with Gasteiger partial charge in [-0.1, -0.05) is 18.2 Å². The van der Waals surface area contributed by atoms with Crippen LogP contribution in [0.5, 0.6) is 0 Å². The van der Waals surface area contributed by atoms with Crippen molar-refractivity contribution in [2.24, 2.45) is 0 Å². The first kappa shape index (κ1) is 19.3. The lowest BCUT2D eigenvalue weighted by Crippen LogP contribution is -2.34. The number of anilines is 1. The molecule has 0 aliphatic carbocycles. The third-order valence-electron chi connectivity index (χ3n) is 3.59. The molecule has 0 aliphatic heterocycles. The van der Waals surface area contributed by atoms with E-state index in [1.54, 1.807) is 19.1 Å². The summed E-state index contributed by atoms with van der Waals surface area (Å²) in [6.45, 7) is 10.2. The highest BCUT2D eigenvalue weighted by atomic mass is 16.6. The van der Waals surface area contributed by atoms with Crippen LogP contribution in [0.2, 0.25) is 0 Å². The number of nitrogens with zero attached hydrogens (tertiary/aromatic N) is 1. The van der Waals surface area contributed by atoms with Crippen molar-refractivity contribution in [2.45, 2.75) is 58.9 Å². The molecule has 2 atom stereocenters. The van der Waals surface area contributed by atoms with Crippen LogP contribution in [-0.4, -0.2) is 42.9 Å². The van der Waals surface area contributed by atoms with Crippen LogP contribution in [0.15, 0.2) is 24.3 Å². The largest absolute Gasteiger partial charge is 0.444 e. The minimum atomic E-state index is -0.495. The summed E-state index contributed by atoms with van der Waals surface area (Å²) in [6, 6.07) is 8.12. The van der Waals surface area contributed by atoms with E-state index in [-0.39, 0.29) is 18.2 Å². The maximum absolute atomic E-state index is 12.1. The molecule has 0 spiro atoms. The smallest absolute Gasteiger partial charge is 0.410 e. The molecule has 1 rings (SSSR count). The van der Waals surface area contributed by atoms with Crippen molar-refractivity contribution in [1.29, 1.82) is 0 Å². The molecule has 0 aromatic heterocycles. The zero-order valence-electron chi connectivity index (χ0n) is 15.3. The van der Waals surface area contributed by atoms with E-state index in [9.17, 15) is 4.79 Å². The molecular formula is C18H30N2O3. The third-order valence-corrected chi connectivity index (χ3v) is 3.59. The Morgan fingerprint density at radius 2 is 1.87 bits per heavy atom.